The molecule has 1 aromatic carbocycles. The third kappa shape index (κ3) is 4.04. The molecule has 1 aromatic rings. The molecule has 4 heteroatoms. The molecule has 1 saturated heterocycles. The molecule has 4 nitrogen and oxygen atoms in total. The predicted octanol–water partition coefficient (Wildman–Crippen LogP) is 1.57. The number of quaternary nitrogens is 1. The van der Waals surface area contributed by atoms with Gasteiger partial charge in [-0.2, -0.15) is 0 Å². The van der Waals surface area contributed by atoms with E-state index in [1.807, 2.05) is 18.2 Å². The van der Waals surface area contributed by atoms with Crippen LogP contribution in [0.1, 0.15) is 26.2 Å². The number of piperidine rings is 1. The van der Waals surface area contributed by atoms with Gasteiger partial charge in [-0.25, -0.2) is 0 Å². The first-order valence-corrected chi connectivity index (χ1v) is 7.58. The first kappa shape index (κ1) is 15.0. The molecule has 0 atom stereocenters. The van der Waals surface area contributed by atoms with E-state index in [2.05, 4.69) is 12.2 Å². The van der Waals surface area contributed by atoms with Crippen molar-refractivity contribution in [2.45, 2.75) is 32.2 Å². The van der Waals surface area contributed by atoms with Gasteiger partial charge in [-0.1, -0.05) is 6.92 Å². The van der Waals surface area contributed by atoms with Crippen LogP contribution in [0.3, 0.4) is 0 Å². The summed E-state index contributed by atoms with van der Waals surface area (Å²) in [6, 6.07) is 6.54. The summed E-state index contributed by atoms with van der Waals surface area (Å²) in [6.45, 7) is 6.11. The summed E-state index contributed by atoms with van der Waals surface area (Å²) < 4.78 is 10.6. The molecule has 1 aliphatic heterocycles. The second-order valence-electron chi connectivity index (χ2n) is 5.52. The van der Waals surface area contributed by atoms with Gasteiger partial charge in [0.2, 0.25) is 0 Å². The monoisotopic (exact) mass is 279 g/mol. The summed E-state index contributed by atoms with van der Waals surface area (Å²) in [5, 5.41) is 3.62. The van der Waals surface area contributed by atoms with Gasteiger partial charge < -0.3 is 19.7 Å². The zero-order valence-corrected chi connectivity index (χ0v) is 12.9. The molecule has 1 fully saturated rings. The molecule has 0 aliphatic carbocycles. The number of methoxy groups -OCH3 is 2. The summed E-state index contributed by atoms with van der Waals surface area (Å²) in [7, 11) is 3.37. The van der Waals surface area contributed by atoms with E-state index in [4.69, 9.17) is 9.47 Å². The van der Waals surface area contributed by atoms with Crippen molar-refractivity contribution < 1.29 is 14.4 Å². The van der Waals surface area contributed by atoms with E-state index in [1.54, 1.807) is 19.1 Å². The van der Waals surface area contributed by atoms with Gasteiger partial charge in [0.1, 0.15) is 11.5 Å². The average molecular weight is 279 g/mol. The lowest BCUT2D eigenvalue weighted by molar-refractivity contribution is -0.905. The summed E-state index contributed by atoms with van der Waals surface area (Å²) in [5.41, 5.74) is 1.09. The fourth-order valence-electron chi connectivity index (χ4n) is 2.90. The summed E-state index contributed by atoms with van der Waals surface area (Å²) in [4.78, 5) is 1.74. The Morgan fingerprint density at radius 2 is 1.70 bits per heavy atom. The molecule has 0 aromatic heterocycles. The Morgan fingerprint density at radius 3 is 2.20 bits per heavy atom. The zero-order chi connectivity index (χ0) is 14.4. The lowest BCUT2D eigenvalue weighted by Crippen LogP contribution is -3.13. The van der Waals surface area contributed by atoms with Crippen LogP contribution in [0.5, 0.6) is 11.5 Å². The van der Waals surface area contributed by atoms with Crippen LogP contribution in [0.4, 0.5) is 5.69 Å². The van der Waals surface area contributed by atoms with Crippen molar-refractivity contribution >= 4 is 5.69 Å². The minimum absolute atomic E-state index is 0.562. The van der Waals surface area contributed by atoms with Gasteiger partial charge in [0.15, 0.2) is 0 Å². The SMILES string of the molecule is CCC[NH+]1CCC(Nc2cc(OC)cc(OC)c2)CC1. The highest BCUT2D eigenvalue weighted by Crippen LogP contribution is 2.26. The van der Waals surface area contributed by atoms with Crippen molar-refractivity contribution in [3.8, 4) is 11.5 Å². The second kappa shape index (κ2) is 7.39. The topological polar surface area (TPSA) is 34.9 Å². The lowest BCUT2D eigenvalue weighted by atomic mass is 10.0. The minimum Gasteiger partial charge on any atom is -0.497 e. The smallest absolute Gasteiger partial charge is 0.124 e. The van der Waals surface area contributed by atoms with Crippen molar-refractivity contribution in [3.63, 3.8) is 0 Å². The Bertz CT molecular complexity index is 393. The minimum atomic E-state index is 0.562. The van der Waals surface area contributed by atoms with E-state index in [9.17, 15) is 0 Å². The number of benzene rings is 1. The number of nitrogens with one attached hydrogen (secondary N) is 2. The number of hydrogen-bond donors (Lipinski definition) is 2. The van der Waals surface area contributed by atoms with Crippen molar-refractivity contribution in [1.29, 1.82) is 0 Å². The van der Waals surface area contributed by atoms with Crippen LogP contribution in [0.25, 0.3) is 0 Å². The van der Waals surface area contributed by atoms with E-state index < -0.39 is 0 Å². The average Bonchev–Trinajstić information content (AvgIpc) is 2.49. The van der Waals surface area contributed by atoms with Gasteiger partial charge in [-0.05, 0) is 6.42 Å². The Hall–Kier alpha value is -1.42. The van der Waals surface area contributed by atoms with E-state index in [-0.39, 0.29) is 0 Å². The van der Waals surface area contributed by atoms with Gasteiger partial charge in [-0.15, -0.1) is 0 Å². The number of hydrogen-bond acceptors (Lipinski definition) is 3. The van der Waals surface area contributed by atoms with Crippen LogP contribution in [0.15, 0.2) is 18.2 Å². The molecule has 0 spiro atoms. The maximum absolute atomic E-state index is 5.31. The number of ether oxygens (including phenoxy) is 2. The van der Waals surface area contributed by atoms with Gasteiger partial charge in [-0.3, -0.25) is 0 Å². The third-order valence-electron chi connectivity index (χ3n) is 4.02. The molecule has 0 amide bonds. The molecule has 112 valence electrons. The fraction of sp³-hybridized carbons (Fsp3) is 0.625. The first-order valence-electron chi connectivity index (χ1n) is 7.58. The Labute approximate surface area is 122 Å². The first-order chi connectivity index (χ1) is 9.75. The van der Waals surface area contributed by atoms with Crippen molar-refractivity contribution in [3.05, 3.63) is 18.2 Å². The lowest BCUT2D eigenvalue weighted by Gasteiger charge is -2.30. The molecule has 0 saturated carbocycles. The second-order valence-corrected chi connectivity index (χ2v) is 5.52. The normalized spacial score (nSPS) is 22.4. The summed E-state index contributed by atoms with van der Waals surface area (Å²) in [5.74, 6) is 1.67. The zero-order valence-electron chi connectivity index (χ0n) is 12.9. The van der Waals surface area contributed by atoms with Crippen molar-refractivity contribution in [2.24, 2.45) is 0 Å². The van der Waals surface area contributed by atoms with Crippen LogP contribution < -0.4 is 19.7 Å². The maximum atomic E-state index is 5.31. The molecule has 1 aliphatic rings. The highest BCUT2D eigenvalue weighted by molar-refractivity contribution is 5.54. The van der Waals surface area contributed by atoms with Gasteiger partial charge in [0, 0.05) is 42.8 Å². The molecule has 2 rings (SSSR count). The molecular formula is C16H27N2O2+. The highest BCUT2D eigenvalue weighted by Gasteiger charge is 2.21. The summed E-state index contributed by atoms with van der Waals surface area (Å²) >= 11 is 0. The van der Waals surface area contributed by atoms with Gasteiger partial charge >= 0.3 is 0 Å². The Morgan fingerprint density at radius 1 is 1.10 bits per heavy atom. The molecular weight excluding hydrogens is 252 g/mol. The van der Waals surface area contributed by atoms with Crippen LogP contribution in [-0.4, -0.2) is 39.9 Å². The molecule has 0 radical (unpaired) electrons. The molecule has 20 heavy (non-hydrogen) atoms. The van der Waals surface area contributed by atoms with E-state index in [1.165, 1.54) is 38.9 Å². The Balaban J connectivity index is 1.93. The number of likely N-dealkylation sites (tertiary alicyclic amines) is 1. The van der Waals surface area contributed by atoms with Gasteiger partial charge in [0.05, 0.1) is 33.9 Å². The molecule has 2 N–H and O–H groups in total. The quantitative estimate of drug-likeness (QED) is 0.830. The fourth-order valence-corrected chi connectivity index (χ4v) is 2.90. The summed E-state index contributed by atoms with van der Waals surface area (Å²) in [6.07, 6.45) is 3.74. The van der Waals surface area contributed by atoms with Crippen LogP contribution in [-0.2, 0) is 0 Å². The van der Waals surface area contributed by atoms with E-state index in [0.29, 0.717) is 6.04 Å². The predicted molar refractivity (Wildman–Crippen MR) is 82.0 cm³/mol. The van der Waals surface area contributed by atoms with E-state index >= 15 is 0 Å². The standard InChI is InChI=1S/C16H26N2O2/c1-4-7-18-8-5-13(6-9-18)17-14-10-15(19-2)12-16(11-14)20-3/h10-13,17H,4-9H2,1-3H3/p+1. The molecule has 0 unspecified atom stereocenters. The third-order valence-corrected chi connectivity index (χ3v) is 4.02. The number of anilines is 1. The molecule has 0 bridgehead atoms. The van der Waals surface area contributed by atoms with Crippen molar-refractivity contribution in [2.75, 3.05) is 39.2 Å². The molecule has 1 heterocycles. The Kier molecular flexibility index (Phi) is 5.53. The number of rotatable bonds is 6. The van der Waals surface area contributed by atoms with Crippen LogP contribution in [0, 0.1) is 0 Å². The van der Waals surface area contributed by atoms with Crippen LogP contribution >= 0.6 is 0 Å². The maximum Gasteiger partial charge on any atom is 0.124 e. The van der Waals surface area contributed by atoms with E-state index in [0.717, 1.165) is 17.2 Å². The van der Waals surface area contributed by atoms with Gasteiger partial charge in [0.25, 0.3) is 0 Å². The highest BCUT2D eigenvalue weighted by atomic mass is 16.5. The van der Waals surface area contributed by atoms with Crippen LogP contribution in [0.2, 0.25) is 0 Å². The largest absolute Gasteiger partial charge is 0.497 e. The van der Waals surface area contributed by atoms with Crippen molar-refractivity contribution in [1.82, 2.24) is 0 Å².